The first-order chi connectivity index (χ1) is 5.96. The third kappa shape index (κ3) is 2.15. The van der Waals surface area contributed by atoms with Crippen molar-refractivity contribution >= 4 is 15.9 Å². The van der Waals surface area contributed by atoms with E-state index in [-0.39, 0.29) is 5.41 Å². The molecule has 1 atom stereocenters. The molecule has 1 aromatic rings. The number of hydrogen-bond acceptors (Lipinski definition) is 3. The first-order valence-electron chi connectivity index (χ1n) is 3.97. The van der Waals surface area contributed by atoms with E-state index in [0.717, 1.165) is 0 Å². The van der Waals surface area contributed by atoms with Gasteiger partial charge >= 0.3 is 0 Å². The first kappa shape index (κ1) is 10.4. The number of aromatic nitrogens is 2. The summed E-state index contributed by atoms with van der Waals surface area (Å²) in [6, 6.07) is 0. The van der Waals surface area contributed by atoms with Gasteiger partial charge < -0.3 is 0 Å². The van der Waals surface area contributed by atoms with Crippen molar-refractivity contribution in [3.05, 3.63) is 22.0 Å². The van der Waals surface area contributed by atoms with E-state index in [0.29, 0.717) is 4.73 Å². The minimum Gasteiger partial charge on any atom is -0.299 e. The molecule has 0 aliphatic carbocycles. The summed E-state index contributed by atoms with van der Waals surface area (Å²) >= 11 is 3.25. The zero-order chi connectivity index (χ0) is 10.1. The van der Waals surface area contributed by atoms with Crippen LogP contribution in [0.25, 0.3) is 0 Å². The fourth-order valence-electron chi connectivity index (χ4n) is 1.10. The molecule has 0 amide bonds. The van der Waals surface area contributed by atoms with Gasteiger partial charge in [-0.15, -0.1) is 4.91 Å². The highest BCUT2D eigenvalue weighted by molar-refractivity contribution is 9.10. The lowest BCUT2D eigenvalue weighted by Gasteiger charge is -2.25. The third-order valence-corrected chi connectivity index (χ3v) is 2.37. The van der Waals surface area contributed by atoms with Crippen LogP contribution in [0.15, 0.2) is 22.3 Å². The molecular formula is C8H12BrN3O. The van der Waals surface area contributed by atoms with Crippen molar-refractivity contribution in [1.29, 1.82) is 0 Å². The summed E-state index contributed by atoms with van der Waals surface area (Å²) < 4.78 is 2.35. The van der Waals surface area contributed by atoms with Crippen LogP contribution in [0.1, 0.15) is 26.9 Å². The van der Waals surface area contributed by atoms with Crippen molar-refractivity contribution in [2.45, 2.75) is 26.9 Å². The van der Waals surface area contributed by atoms with Crippen molar-refractivity contribution in [2.24, 2.45) is 10.6 Å². The maximum Gasteiger partial charge on any atom is 0.178 e. The standard InChI is InChI=1S/C8H12BrN3O/c1-8(2,3)6(11-13)12-5-4-10-7(12)9/h4-6H,1-3H3. The van der Waals surface area contributed by atoms with Crippen LogP contribution in [-0.4, -0.2) is 9.55 Å². The Balaban J connectivity index is 3.05. The molecule has 1 aromatic heterocycles. The second-order valence-electron chi connectivity index (χ2n) is 3.95. The second kappa shape index (κ2) is 3.57. The number of nitroso groups, excluding NO2 is 1. The normalized spacial score (nSPS) is 14.2. The molecule has 72 valence electrons. The van der Waals surface area contributed by atoms with Gasteiger partial charge in [0.25, 0.3) is 0 Å². The van der Waals surface area contributed by atoms with E-state index in [1.54, 1.807) is 17.0 Å². The maximum atomic E-state index is 10.7. The monoisotopic (exact) mass is 245 g/mol. The summed E-state index contributed by atoms with van der Waals surface area (Å²) in [7, 11) is 0. The van der Waals surface area contributed by atoms with E-state index in [9.17, 15) is 4.91 Å². The number of rotatable bonds is 2. The zero-order valence-corrected chi connectivity index (χ0v) is 9.45. The summed E-state index contributed by atoms with van der Waals surface area (Å²) in [4.78, 5) is 14.7. The fraction of sp³-hybridized carbons (Fsp3) is 0.625. The predicted octanol–water partition coefficient (Wildman–Crippen LogP) is 2.96. The molecule has 0 aromatic carbocycles. The Kier molecular flexibility index (Phi) is 2.85. The van der Waals surface area contributed by atoms with E-state index in [1.807, 2.05) is 20.8 Å². The lowest BCUT2D eigenvalue weighted by Crippen LogP contribution is -2.22. The fourth-order valence-corrected chi connectivity index (χ4v) is 1.53. The van der Waals surface area contributed by atoms with Gasteiger partial charge in [0.05, 0.1) is 0 Å². The number of nitrogens with zero attached hydrogens (tertiary/aromatic N) is 3. The Morgan fingerprint density at radius 2 is 2.23 bits per heavy atom. The van der Waals surface area contributed by atoms with E-state index in [1.165, 1.54) is 0 Å². The molecule has 0 aliphatic rings. The summed E-state index contributed by atoms with van der Waals surface area (Å²) in [5, 5.41) is 3.11. The maximum absolute atomic E-state index is 10.7. The molecular weight excluding hydrogens is 234 g/mol. The van der Waals surface area contributed by atoms with Crippen molar-refractivity contribution in [2.75, 3.05) is 0 Å². The van der Waals surface area contributed by atoms with Crippen LogP contribution < -0.4 is 0 Å². The van der Waals surface area contributed by atoms with Crippen molar-refractivity contribution in [3.8, 4) is 0 Å². The summed E-state index contributed by atoms with van der Waals surface area (Å²) in [5.74, 6) is 0. The molecule has 1 heterocycles. The van der Waals surface area contributed by atoms with Crippen LogP contribution in [0.3, 0.4) is 0 Å². The van der Waals surface area contributed by atoms with Crippen molar-refractivity contribution in [3.63, 3.8) is 0 Å². The molecule has 0 radical (unpaired) electrons. The molecule has 0 saturated carbocycles. The predicted molar refractivity (Wildman–Crippen MR) is 54.2 cm³/mol. The van der Waals surface area contributed by atoms with E-state index >= 15 is 0 Å². The van der Waals surface area contributed by atoms with Gasteiger partial charge in [-0.25, -0.2) is 4.98 Å². The van der Waals surface area contributed by atoms with Crippen LogP contribution in [-0.2, 0) is 0 Å². The Morgan fingerprint density at radius 3 is 2.54 bits per heavy atom. The molecule has 0 N–H and O–H groups in total. The molecule has 5 heteroatoms. The second-order valence-corrected chi connectivity index (χ2v) is 4.66. The lowest BCUT2D eigenvalue weighted by atomic mass is 9.93. The molecule has 0 spiro atoms. The van der Waals surface area contributed by atoms with Crippen LogP contribution in [0.4, 0.5) is 0 Å². The summed E-state index contributed by atoms with van der Waals surface area (Å²) in [6.07, 6.45) is 2.94. The highest BCUT2D eigenvalue weighted by Gasteiger charge is 2.28. The number of imidazole rings is 1. The van der Waals surface area contributed by atoms with Gasteiger partial charge in [-0.2, -0.15) is 0 Å². The highest BCUT2D eigenvalue weighted by Crippen LogP contribution is 2.33. The van der Waals surface area contributed by atoms with E-state index in [2.05, 4.69) is 26.1 Å². The Hall–Kier alpha value is -0.710. The van der Waals surface area contributed by atoms with Crippen LogP contribution in [0, 0.1) is 10.3 Å². The average Bonchev–Trinajstić information content (AvgIpc) is 2.35. The molecule has 0 saturated heterocycles. The minimum atomic E-state index is -0.427. The molecule has 0 aliphatic heterocycles. The van der Waals surface area contributed by atoms with Crippen molar-refractivity contribution in [1.82, 2.24) is 9.55 Å². The van der Waals surface area contributed by atoms with Gasteiger partial charge in [0.1, 0.15) is 0 Å². The zero-order valence-electron chi connectivity index (χ0n) is 7.86. The van der Waals surface area contributed by atoms with Gasteiger partial charge in [-0.3, -0.25) is 4.57 Å². The van der Waals surface area contributed by atoms with Gasteiger partial charge in [0.2, 0.25) is 0 Å². The van der Waals surface area contributed by atoms with E-state index in [4.69, 9.17) is 0 Å². The molecule has 1 unspecified atom stereocenters. The highest BCUT2D eigenvalue weighted by atomic mass is 79.9. The van der Waals surface area contributed by atoms with Gasteiger partial charge in [-0.1, -0.05) is 20.8 Å². The average molecular weight is 246 g/mol. The topological polar surface area (TPSA) is 47.2 Å². The molecule has 13 heavy (non-hydrogen) atoms. The Morgan fingerprint density at radius 1 is 1.62 bits per heavy atom. The molecule has 0 fully saturated rings. The van der Waals surface area contributed by atoms with E-state index < -0.39 is 6.17 Å². The molecule has 4 nitrogen and oxygen atoms in total. The number of hydrogen-bond donors (Lipinski definition) is 0. The number of halogens is 1. The Bertz CT molecular complexity index is 303. The largest absolute Gasteiger partial charge is 0.299 e. The Labute approximate surface area is 85.5 Å². The SMILES string of the molecule is CC(C)(C)C(N=O)n1ccnc1Br. The van der Waals surface area contributed by atoms with Gasteiger partial charge in [-0.05, 0) is 21.1 Å². The van der Waals surface area contributed by atoms with Gasteiger partial charge in [0, 0.05) is 17.8 Å². The first-order valence-corrected chi connectivity index (χ1v) is 4.77. The lowest BCUT2D eigenvalue weighted by molar-refractivity contribution is 0.246. The minimum absolute atomic E-state index is 0.203. The van der Waals surface area contributed by atoms with Crippen LogP contribution in [0.5, 0.6) is 0 Å². The van der Waals surface area contributed by atoms with Gasteiger partial charge in [0.15, 0.2) is 10.9 Å². The summed E-state index contributed by atoms with van der Waals surface area (Å²) in [6.45, 7) is 5.89. The van der Waals surface area contributed by atoms with Crippen LogP contribution in [0.2, 0.25) is 0 Å². The van der Waals surface area contributed by atoms with Crippen molar-refractivity contribution < 1.29 is 0 Å². The molecule has 1 rings (SSSR count). The van der Waals surface area contributed by atoms with Crippen LogP contribution >= 0.6 is 15.9 Å². The quantitative estimate of drug-likeness (QED) is 0.753. The summed E-state index contributed by atoms with van der Waals surface area (Å²) in [5.41, 5.74) is -0.203. The third-order valence-electron chi connectivity index (χ3n) is 1.76. The smallest absolute Gasteiger partial charge is 0.178 e. The molecule has 0 bridgehead atoms.